The van der Waals surface area contributed by atoms with Crippen LogP contribution in [0.2, 0.25) is 0 Å². The number of carboxylic acids is 1. The summed E-state index contributed by atoms with van der Waals surface area (Å²) in [6.45, 7) is 3.54. The number of aromatic nitrogens is 1. The fourth-order valence-electron chi connectivity index (χ4n) is 1.62. The number of rotatable bonds is 5. The van der Waals surface area contributed by atoms with Gasteiger partial charge in [-0.3, -0.25) is 4.79 Å². The molecule has 1 amide bonds. The lowest BCUT2D eigenvalue weighted by atomic mass is 10.1. The van der Waals surface area contributed by atoms with Gasteiger partial charge in [0.25, 0.3) is 0 Å². The highest BCUT2D eigenvalue weighted by Crippen LogP contribution is 2.28. The Morgan fingerprint density at radius 3 is 2.67 bits per heavy atom. The first kappa shape index (κ1) is 14.6. The molecule has 0 spiro atoms. The second kappa shape index (κ2) is 5.92. The Labute approximate surface area is 110 Å². The van der Waals surface area contributed by atoms with E-state index < -0.39 is 12.0 Å². The number of anilines is 1. The van der Waals surface area contributed by atoms with E-state index in [0.717, 1.165) is 18.0 Å². The summed E-state index contributed by atoms with van der Waals surface area (Å²) in [7, 11) is 1.53. The molecule has 0 bridgehead atoms. The summed E-state index contributed by atoms with van der Waals surface area (Å²) in [5.74, 6) is -1.37. The summed E-state index contributed by atoms with van der Waals surface area (Å²) in [6, 6.07) is -0.607. The molecule has 0 unspecified atom stereocenters. The SMILES string of the molecule is CCC[C@@H](N)C(=O)N(C)c1snc(C)c1C(=O)O. The predicted octanol–water partition coefficient (Wildman–Crippen LogP) is 1.24. The lowest BCUT2D eigenvalue weighted by Gasteiger charge is -2.19. The van der Waals surface area contributed by atoms with Crippen molar-refractivity contribution in [2.75, 3.05) is 11.9 Å². The molecular formula is C11H17N3O3S. The molecule has 1 atom stereocenters. The van der Waals surface area contributed by atoms with Crippen LogP contribution in [0.3, 0.4) is 0 Å². The van der Waals surface area contributed by atoms with E-state index >= 15 is 0 Å². The largest absolute Gasteiger partial charge is 0.478 e. The van der Waals surface area contributed by atoms with Crippen molar-refractivity contribution in [3.05, 3.63) is 11.3 Å². The summed E-state index contributed by atoms with van der Waals surface area (Å²) < 4.78 is 3.97. The average Bonchev–Trinajstić information content (AvgIpc) is 2.69. The molecule has 0 aliphatic heterocycles. The minimum absolute atomic E-state index is 0.0690. The van der Waals surface area contributed by atoms with Crippen LogP contribution in [0.15, 0.2) is 0 Å². The van der Waals surface area contributed by atoms with Crippen LogP contribution in [-0.4, -0.2) is 34.4 Å². The molecule has 1 heterocycles. The van der Waals surface area contributed by atoms with E-state index in [2.05, 4.69) is 4.37 Å². The Balaban J connectivity index is 3.00. The zero-order chi connectivity index (χ0) is 13.9. The van der Waals surface area contributed by atoms with Gasteiger partial charge in [0.1, 0.15) is 10.6 Å². The molecule has 0 aliphatic rings. The molecule has 6 nitrogen and oxygen atoms in total. The minimum Gasteiger partial charge on any atom is -0.478 e. The van der Waals surface area contributed by atoms with Gasteiger partial charge in [-0.15, -0.1) is 0 Å². The van der Waals surface area contributed by atoms with Crippen molar-refractivity contribution < 1.29 is 14.7 Å². The molecule has 0 aliphatic carbocycles. The Morgan fingerprint density at radius 2 is 2.17 bits per heavy atom. The molecule has 7 heteroatoms. The van der Waals surface area contributed by atoms with Crippen LogP contribution in [0.1, 0.15) is 35.8 Å². The molecule has 0 saturated heterocycles. The number of aromatic carboxylic acids is 1. The Kier molecular flexibility index (Phi) is 4.80. The van der Waals surface area contributed by atoms with Gasteiger partial charge in [-0.2, -0.15) is 4.37 Å². The van der Waals surface area contributed by atoms with Gasteiger partial charge < -0.3 is 15.7 Å². The number of carboxylic acid groups (broad SMARTS) is 1. The van der Waals surface area contributed by atoms with E-state index in [1.54, 1.807) is 6.92 Å². The third-order valence-corrected chi connectivity index (χ3v) is 3.63. The molecule has 1 rings (SSSR count). The third-order valence-electron chi connectivity index (χ3n) is 2.61. The van der Waals surface area contributed by atoms with Crippen LogP contribution < -0.4 is 10.6 Å². The van der Waals surface area contributed by atoms with E-state index in [0.29, 0.717) is 17.1 Å². The van der Waals surface area contributed by atoms with Gasteiger partial charge in [0.15, 0.2) is 0 Å². The van der Waals surface area contributed by atoms with Crippen LogP contribution >= 0.6 is 11.5 Å². The van der Waals surface area contributed by atoms with Crippen molar-refractivity contribution in [3.8, 4) is 0 Å². The molecule has 0 saturated carbocycles. The molecule has 1 aromatic heterocycles. The van der Waals surface area contributed by atoms with Gasteiger partial charge in [0.05, 0.1) is 11.7 Å². The zero-order valence-electron chi connectivity index (χ0n) is 10.6. The Morgan fingerprint density at radius 1 is 1.56 bits per heavy atom. The van der Waals surface area contributed by atoms with Crippen molar-refractivity contribution in [1.29, 1.82) is 0 Å². The van der Waals surface area contributed by atoms with Gasteiger partial charge in [-0.05, 0) is 24.9 Å². The van der Waals surface area contributed by atoms with E-state index in [9.17, 15) is 9.59 Å². The number of hydrogen-bond donors (Lipinski definition) is 2. The van der Waals surface area contributed by atoms with Crippen LogP contribution in [0, 0.1) is 6.92 Å². The quantitative estimate of drug-likeness (QED) is 0.839. The van der Waals surface area contributed by atoms with E-state index in [4.69, 9.17) is 10.8 Å². The molecule has 100 valence electrons. The summed E-state index contributed by atoms with van der Waals surface area (Å²) in [4.78, 5) is 24.4. The van der Waals surface area contributed by atoms with Gasteiger partial charge in [0.2, 0.25) is 5.91 Å². The van der Waals surface area contributed by atoms with Crippen molar-refractivity contribution in [2.24, 2.45) is 5.73 Å². The highest BCUT2D eigenvalue weighted by atomic mass is 32.1. The number of nitrogens with zero attached hydrogens (tertiary/aromatic N) is 2. The first-order valence-electron chi connectivity index (χ1n) is 5.62. The van der Waals surface area contributed by atoms with Gasteiger partial charge in [0, 0.05) is 7.05 Å². The first-order valence-corrected chi connectivity index (χ1v) is 6.40. The maximum Gasteiger partial charge on any atom is 0.340 e. The van der Waals surface area contributed by atoms with Crippen molar-refractivity contribution in [3.63, 3.8) is 0 Å². The normalized spacial score (nSPS) is 12.2. The monoisotopic (exact) mass is 271 g/mol. The molecule has 0 fully saturated rings. The fraction of sp³-hybridized carbons (Fsp3) is 0.545. The number of amides is 1. The van der Waals surface area contributed by atoms with Gasteiger partial charge in [-0.25, -0.2) is 4.79 Å². The Bertz CT molecular complexity index is 458. The van der Waals surface area contributed by atoms with Crippen molar-refractivity contribution >= 4 is 28.4 Å². The summed E-state index contributed by atoms with van der Waals surface area (Å²) >= 11 is 0.995. The summed E-state index contributed by atoms with van der Waals surface area (Å²) in [5.41, 5.74) is 6.22. The average molecular weight is 271 g/mol. The highest BCUT2D eigenvalue weighted by molar-refractivity contribution is 7.11. The van der Waals surface area contributed by atoms with Crippen molar-refractivity contribution in [2.45, 2.75) is 32.7 Å². The summed E-state index contributed by atoms with van der Waals surface area (Å²) in [6.07, 6.45) is 1.37. The number of carbonyl (C=O) groups excluding carboxylic acids is 1. The van der Waals surface area contributed by atoms with Crippen LogP contribution in [-0.2, 0) is 4.79 Å². The Hall–Kier alpha value is -1.47. The number of hydrogen-bond acceptors (Lipinski definition) is 5. The topological polar surface area (TPSA) is 96.5 Å². The number of likely N-dealkylation sites (N-methyl/N-ethyl adjacent to an activating group) is 1. The van der Waals surface area contributed by atoms with Crippen LogP contribution in [0.5, 0.6) is 0 Å². The maximum atomic E-state index is 12.0. The predicted molar refractivity (Wildman–Crippen MR) is 70.1 cm³/mol. The molecule has 18 heavy (non-hydrogen) atoms. The minimum atomic E-state index is -1.08. The number of nitrogens with two attached hydrogens (primary N) is 1. The molecule has 0 radical (unpaired) electrons. The van der Waals surface area contributed by atoms with Crippen LogP contribution in [0.25, 0.3) is 0 Å². The van der Waals surface area contributed by atoms with Gasteiger partial charge >= 0.3 is 5.97 Å². The van der Waals surface area contributed by atoms with E-state index in [1.165, 1.54) is 11.9 Å². The maximum absolute atomic E-state index is 12.0. The molecular weight excluding hydrogens is 254 g/mol. The molecule has 1 aromatic rings. The van der Waals surface area contributed by atoms with Gasteiger partial charge in [-0.1, -0.05) is 13.3 Å². The van der Waals surface area contributed by atoms with Crippen molar-refractivity contribution in [1.82, 2.24) is 4.37 Å². The van der Waals surface area contributed by atoms with Crippen LogP contribution in [0.4, 0.5) is 5.00 Å². The standard InChI is InChI=1S/C11H17N3O3S/c1-4-5-7(12)9(15)14(3)10-8(11(16)17)6(2)13-18-10/h7H,4-5,12H2,1-3H3,(H,16,17)/t7-/m1/s1. The van der Waals surface area contributed by atoms with E-state index in [1.807, 2.05) is 6.92 Å². The van der Waals surface area contributed by atoms with E-state index in [-0.39, 0.29) is 11.5 Å². The smallest absolute Gasteiger partial charge is 0.340 e. The fourth-order valence-corrected chi connectivity index (χ4v) is 2.47. The molecule has 0 aromatic carbocycles. The zero-order valence-corrected chi connectivity index (χ0v) is 11.5. The third kappa shape index (κ3) is 2.85. The summed E-state index contributed by atoms with van der Waals surface area (Å²) in [5, 5.41) is 9.44. The lowest BCUT2D eigenvalue weighted by molar-refractivity contribution is -0.119. The lowest BCUT2D eigenvalue weighted by Crippen LogP contribution is -2.41. The first-order chi connectivity index (χ1) is 8.40. The second-order valence-electron chi connectivity index (χ2n) is 4.05. The number of carbonyl (C=O) groups is 2. The highest BCUT2D eigenvalue weighted by Gasteiger charge is 2.26. The number of aryl methyl sites for hydroxylation is 1. The molecule has 3 N–H and O–H groups in total. The second-order valence-corrected chi connectivity index (χ2v) is 4.80.